The zero-order valence-electron chi connectivity index (χ0n) is 11.6. The maximum Gasteiger partial charge on any atom is 0.252 e. The van der Waals surface area contributed by atoms with Crippen LogP contribution in [0.1, 0.15) is 30.6 Å². The van der Waals surface area contributed by atoms with E-state index in [1.54, 1.807) is 0 Å². The number of hydrogen-bond donors (Lipinski definition) is 3. The van der Waals surface area contributed by atoms with E-state index in [0.29, 0.717) is 18.0 Å². The number of nitrogen functional groups attached to an aromatic ring is 1. The lowest BCUT2D eigenvalue weighted by Gasteiger charge is -2.08. The van der Waals surface area contributed by atoms with Crippen LogP contribution in [-0.4, -0.2) is 29.9 Å². The smallest absolute Gasteiger partial charge is 0.252 e. The summed E-state index contributed by atoms with van der Waals surface area (Å²) in [5.74, 6) is 0.149. The van der Waals surface area contributed by atoms with Crippen molar-refractivity contribution in [3.05, 3.63) is 22.8 Å². The highest BCUT2D eigenvalue weighted by molar-refractivity contribution is 6.33. The van der Waals surface area contributed by atoms with Crippen LogP contribution in [-0.2, 0) is 4.79 Å². The lowest BCUT2D eigenvalue weighted by molar-refractivity contribution is -0.121. The molecule has 4 N–H and O–H groups in total. The van der Waals surface area contributed by atoms with Crippen molar-refractivity contribution in [2.75, 3.05) is 18.8 Å². The minimum absolute atomic E-state index is 0.0903. The molecule has 6 nitrogen and oxygen atoms in total. The van der Waals surface area contributed by atoms with Gasteiger partial charge in [-0.25, -0.2) is 4.98 Å². The molecule has 7 heteroatoms. The molecule has 0 fully saturated rings. The Balaban J connectivity index is 2.36. The van der Waals surface area contributed by atoms with Gasteiger partial charge in [-0.3, -0.25) is 9.59 Å². The quantitative estimate of drug-likeness (QED) is 0.735. The van der Waals surface area contributed by atoms with Crippen LogP contribution in [0.2, 0.25) is 5.02 Å². The summed E-state index contributed by atoms with van der Waals surface area (Å²) in [7, 11) is 0. The fraction of sp³-hybridized carbons (Fsp3) is 0.462. The summed E-state index contributed by atoms with van der Waals surface area (Å²) in [4.78, 5) is 27.0. The third-order valence-corrected chi connectivity index (χ3v) is 2.78. The highest BCUT2D eigenvalue weighted by Crippen LogP contribution is 2.16. The number of pyridine rings is 1. The number of nitrogens with one attached hydrogen (secondary N) is 2. The first-order valence-electron chi connectivity index (χ1n) is 6.36. The van der Waals surface area contributed by atoms with Gasteiger partial charge in [-0.15, -0.1) is 0 Å². The van der Waals surface area contributed by atoms with Crippen LogP contribution in [0.25, 0.3) is 0 Å². The first kappa shape index (κ1) is 16.2. The van der Waals surface area contributed by atoms with Crippen molar-refractivity contribution < 1.29 is 9.59 Å². The van der Waals surface area contributed by atoms with E-state index in [0.717, 1.165) is 0 Å². The normalized spacial score (nSPS) is 10.4. The van der Waals surface area contributed by atoms with Gasteiger partial charge in [0.25, 0.3) is 5.91 Å². The molecule has 0 aliphatic carbocycles. The maximum atomic E-state index is 11.8. The molecule has 1 heterocycles. The summed E-state index contributed by atoms with van der Waals surface area (Å²) in [6.45, 7) is 4.91. The van der Waals surface area contributed by atoms with Gasteiger partial charge >= 0.3 is 0 Å². The van der Waals surface area contributed by atoms with E-state index in [-0.39, 0.29) is 35.6 Å². The molecule has 0 radical (unpaired) electrons. The Kier molecular flexibility index (Phi) is 6.24. The second-order valence-electron chi connectivity index (χ2n) is 4.79. The lowest BCUT2D eigenvalue weighted by Crippen LogP contribution is -2.32. The van der Waals surface area contributed by atoms with Gasteiger partial charge < -0.3 is 16.4 Å². The summed E-state index contributed by atoms with van der Waals surface area (Å²) >= 11 is 5.78. The minimum Gasteiger partial charge on any atom is -0.382 e. The van der Waals surface area contributed by atoms with E-state index >= 15 is 0 Å². The van der Waals surface area contributed by atoms with Gasteiger partial charge in [0.15, 0.2) is 0 Å². The number of rotatable bonds is 6. The third kappa shape index (κ3) is 5.44. The van der Waals surface area contributed by atoms with Crippen molar-refractivity contribution in [1.29, 1.82) is 0 Å². The second-order valence-corrected chi connectivity index (χ2v) is 5.20. The number of aromatic nitrogens is 1. The van der Waals surface area contributed by atoms with E-state index in [1.165, 1.54) is 12.3 Å². The number of carbonyl (C=O) groups is 2. The monoisotopic (exact) mass is 298 g/mol. The molecule has 110 valence electrons. The molecule has 0 bridgehead atoms. The van der Waals surface area contributed by atoms with Gasteiger partial charge in [-0.1, -0.05) is 25.4 Å². The molecule has 0 aliphatic heterocycles. The zero-order chi connectivity index (χ0) is 15.1. The van der Waals surface area contributed by atoms with Gasteiger partial charge in [0.05, 0.1) is 10.6 Å². The Bertz CT molecular complexity index is 491. The number of halogens is 1. The molecule has 0 spiro atoms. The van der Waals surface area contributed by atoms with Crippen LogP contribution in [0.3, 0.4) is 0 Å². The number of carbonyl (C=O) groups excluding carboxylic acids is 2. The molecule has 2 amide bonds. The Morgan fingerprint density at radius 1 is 1.40 bits per heavy atom. The van der Waals surface area contributed by atoms with E-state index in [9.17, 15) is 9.59 Å². The first-order valence-corrected chi connectivity index (χ1v) is 6.74. The molecule has 0 atom stereocenters. The minimum atomic E-state index is -0.337. The summed E-state index contributed by atoms with van der Waals surface area (Å²) in [6, 6.07) is 1.44. The fourth-order valence-corrected chi connectivity index (χ4v) is 1.54. The van der Waals surface area contributed by atoms with E-state index in [1.807, 2.05) is 13.8 Å². The molecule has 1 aromatic rings. The molecule has 20 heavy (non-hydrogen) atoms. The van der Waals surface area contributed by atoms with Crippen LogP contribution in [0.15, 0.2) is 12.3 Å². The average Bonchev–Trinajstić information content (AvgIpc) is 2.39. The van der Waals surface area contributed by atoms with Crippen molar-refractivity contribution in [3.8, 4) is 0 Å². The molecule has 0 saturated carbocycles. The van der Waals surface area contributed by atoms with E-state index in [4.69, 9.17) is 17.3 Å². The summed E-state index contributed by atoms with van der Waals surface area (Å²) < 4.78 is 0. The van der Waals surface area contributed by atoms with Crippen molar-refractivity contribution in [2.45, 2.75) is 20.3 Å². The lowest BCUT2D eigenvalue weighted by atomic mass is 10.2. The average molecular weight is 299 g/mol. The van der Waals surface area contributed by atoms with E-state index < -0.39 is 0 Å². The second kappa shape index (κ2) is 7.69. The number of hydrogen-bond acceptors (Lipinski definition) is 4. The largest absolute Gasteiger partial charge is 0.382 e. The SMILES string of the molecule is CC(C)CNC(=O)CCNC(=O)c1cnc(N)c(Cl)c1. The van der Waals surface area contributed by atoms with Crippen LogP contribution >= 0.6 is 11.6 Å². The molecule has 1 aromatic heterocycles. The Labute approximate surface area is 123 Å². The van der Waals surface area contributed by atoms with Gasteiger partial charge in [0, 0.05) is 25.7 Å². The topological polar surface area (TPSA) is 97.1 Å². The molecular formula is C13H19ClN4O2. The number of amides is 2. The van der Waals surface area contributed by atoms with Crippen LogP contribution in [0.4, 0.5) is 5.82 Å². The molecule has 0 aromatic carbocycles. The van der Waals surface area contributed by atoms with Crippen molar-refractivity contribution in [2.24, 2.45) is 5.92 Å². The summed E-state index contributed by atoms with van der Waals surface area (Å²) in [6.07, 6.45) is 1.57. The number of anilines is 1. The predicted molar refractivity (Wildman–Crippen MR) is 78.5 cm³/mol. The highest BCUT2D eigenvalue weighted by atomic mass is 35.5. The van der Waals surface area contributed by atoms with E-state index in [2.05, 4.69) is 15.6 Å². The summed E-state index contributed by atoms with van der Waals surface area (Å²) in [5, 5.41) is 5.63. The van der Waals surface area contributed by atoms with Crippen molar-refractivity contribution in [1.82, 2.24) is 15.6 Å². The predicted octanol–water partition coefficient (Wildman–Crippen LogP) is 1.21. The van der Waals surface area contributed by atoms with Gasteiger partial charge in [-0.05, 0) is 12.0 Å². The Morgan fingerprint density at radius 2 is 2.10 bits per heavy atom. The highest BCUT2D eigenvalue weighted by Gasteiger charge is 2.09. The third-order valence-electron chi connectivity index (χ3n) is 2.48. The summed E-state index contributed by atoms with van der Waals surface area (Å²) in [5.41, 5.74) is 5.77. The van der Waals surface area contributed by atoms with Gasteiger partial charge in [0.1, 0.15) is 5.82 Å². The number of nitrogens with zero attached hydrogens (tertiary/aromatic N) is 1. The van der Waals surface area contributed by atoms with Gasteiger partial charge in [-0.2, -0.15) is 0 Å². The van der Waals surface area contributed by atoms with Crippen molar-refractivity contribution >= 4 is 29.2 Å². The zero-order valence-corrected chi connectivity index (χ0v) is 12.3. The molecule has 1 rings (SSSR count). The van der Waals surface area contributed by atoms with Crippen molar-refractivity contribution in [3.63, 3.8) is 0 Å². The van der Waals surface area contributed by atoms with Crippen LogP contribution < -0.4 is 16.4 Å². The Hall–Kier alpha value is -1.82. The molecule has 0 aliphatic rings. The first-order chi connectivity index (χ1) is 9.40. The molecular weight excluding hydrogens is 280 g/mol. The molecule has 0 saturated heterocycles. The Morgan fingerprint density at radius 3 is 2.70 bits per heavy atom. The number of nitrogens with two attached hydrogens (primary N) is 1. The standard InChI is InChI=1S/C13H19ClN4O2/c1-8(2)6-17-11(19)3-4-16-13(20)9-5-10(14)12(15)18-7-9/h5,7-8H,3-4,6H2,1-2H3,(H2,15,18)(H,16,20)(H,17,19). The fourth-order valence-electron chi connectivity index (χ4n) is 1.37. The van der Waals surface area contributed by atoms with Gasteiger partial charge in [0.2, 0.25) is 5.91 Å². The van der Waals surface area contributed by atoms with Crippen LogP contribution in [0, 0.1) is 5.92 Å². The molecule has 0 unspecified atom stereocenters. The maximum absolute atomic E-state index is 11.8. The van der Waals surface area contributed by atoms with Crippen LogP contribution in [0.5, 0.6) is 0 Å².